The molecule has 0 aliphatic carbocycles. The van der Waals surface area contributed by atoms with Crippen molar-refractivity contribution < 1.29 is 18.0 Å². The topological polar surface area (TPSA) is 56.0 Å². The molecule has 1 saturated heterocycles. The lowest BCUT2D eigenvalue weighted by atomic mass is 10.0. The second-order valence-corrected chi connectivity index (χ2v) is 7.24. The zero-order valence-corrected chi connectivity index (χ0v) is 15.8. The normalized spacial score (nSPS) is 17.5. The van der Waals surface area contributed by atoms with Crippen LogP contribution >= 0.6 is 0 Å². The SMILES string of the molecule is Cc1cnn(C2CCCN(C(=O)c3ccc(-n4ccc(C(F)(F)F)n4)cc3)C2)c1. The highest BCUT2D eigenvalue weighted by Crippen LogP contribution is 2.28. The Morgan fingerprint density at radius 1 is 1.17 bits per heavy atom. The molecule has 152 valence electrons. The molecule has 1 amide bonds. The molecule has 0 spiro atoms. The highest BCUT2D eigenvalue weighted by molar-refractivity contribution is 5.94. The van der Waals surface area contributed by atoms with E-state index in [1.165, 1.54) is 6.20 Å². The van der Waals surface area contributed by atoms with Gasteiger partial charge in [-0.05, 0) is 55.7 Å². The van der Waals surface area contributed by atoms with Gasteiger partial charge in [0.15, 0.2) is 5.69 Å². The monoisotopic (exact) mass is 403 g/mol. The van der Waals surface area contributed by atoms with Crippen LogP contribution in [0, 0.1) is 6.92 Å². The third-order valence-corrected chi connectivity index (χ3v) is 5.05. The summed E-state index contributed by atoms with van der Waals surface area (Å²) < 4.78 is 41.2. The zero-order valence-electron chi connectivity index (χ0n) is 15.8. The van der Waals surface area contributed by atoms with Gasteiger partial charge in [0.1, 0.15) is 0 Å². The number of alkyl halides is 3. The largest absolute Gasteiger partial charge is 0.435 e. The van der Waals surface area contributed by atoms with Gasteiger partial charge >= 0.3 is 6.18 Å². The molecule has 1 fully saturated rings. The highest BCUT2D eigenvalue weighted by atomic mass is 19.4. The molecule has 3 heterocycles. The Kier molecular flexibility index (Phi) is 4.89. The van der Waals surface area contributed by atoms with Gasteiger partial charge in [-0.25, -0.2) is 4.68 Å². The van der Waals surface area contributed by atoms with E-state index < -0.39 is 11.9 Å². The molecule has 3 aromatic rings. The van der Waals surface area contributed by atoms with Gasteiger partial charge in [-0.1, -0.05) is 0 Å². The van der Waals surface area contributed by atoms with Crippen molar-refractivity contribution in [2.24, 2.45) is 0 Å². The third kappa shape index (κ3) is 4.03. The summed E-state index contributed by atoms with van der Waals surface area (Å²) >= 11 is 0. The minimum Gasteiger partial charge on any atom is -0.337 e. The van der Waals surface area contributed by atoms with E-state index in [1.807, 2.05) is 17.8 Å². The number of nitrogens with zero attached hydrogens (tertiary/aromatic N) is 5. The average molecular weight is 403 g/mol. The maximum Gasteiger partial charge on any atom is 0.435 e. The predicted molar refractivity (Wildman–Crippen MR) is 99.7 cm³/mol. The lowest BCUT2D eigenvalue weighted by Crippen LogP contribution is -2.40. The fourth-order valence-electron chi connectivity index (χ4n) is 3.55. The fraction of sp³-hybridized carbons (Fsp3) is 0.350. The first-order valence-electron chi connectivity index (χ1n) is 9.34. The lowest BCUT2D eigenvalue weighted by Gasteiger charge is -2.33. The van der Waals surface area contributed by atoms with Crippen LogP contribution in [0.4, 0.5) is 13.2 Å². The van der Waals surface area contributed by atoms with E-state index in [1.54, 1.807) is 35.4 Å². The third-order valence-electron chi connectivity index (χ3n) is 5.05. The van der Waals surface area contributed by atoms with Crippen LogP contribution < -0.4 is 0 Å². The Morgan fingerprint density at radius 2 is 1.93 bits per heavy atom. The molecule has 29 heavy (non-hydrogen) atoms. The van der Waals surface area contributed by atoms with Crippen LogP contribution in [-0.4, -0.2) is 43.5 Å². The quantitative estimate of drug-likeness (QED) is 0.667. The van der Waals surface area contributed by atoms with Crippen molar-refractivity contribution in [2.45, 2.75) is 32.0 Å². The van der Waals surface area contributed by atoms with Gasteiger partial charge in [-0.2, -0.15) is 23.4 Å². The first-order valence-corrected chi connectivity index (χ1v) is 9.34. The van der Waals surface area contributed by atoms with Crippen molar-refractivity contribution in [3.05, 3.63) is 65.7 Å². The Morgan fingerprint density at radius 3 is 2.55 bits per heavy atom. The van der Waals surface area contributed by atoms with Gasteiger partial charge in [-0.15, -0.1) is 0 Å². The molecule has 9 heteroatoms. The van der Waals surface area contributed by atoms with E-state index in [4.69, 9.17) is 0 Å². The molecule has 1 unspecified atom stereocenters. The number of aromatic nitrogens is 4. The van der Waals surface area contributed by atoms with Crippen LogP contribution in [-0.2, 0) is 6.18 Å². The summed E-state index contributed by atoms with van der Waals surface area (Å²) in [6.07, 6.45) is 2.40. The van der Waals surface area contributed by atoms with Crippen molar-refractivity contribution in [1.82, 2.24) is 24.5 Å². The van der Waals surface area contributed by atoms with Crippen molar-refractivity contribution >= 4 is 5.91 Å². The van der Waals surface area contributed by atoms with Crippen molar-refractivity contribution in [3.63, 3.8) is 0 Å². The predicted octanol–water partition coefficient (Wildman–Crippen LogP) is 3.87. The molecule has 6 nitrogen and oxygen atoms in total. The number of hydrogen-bond donors (Lipinski definition) is 0. The van der Waals surface area contributed by atoms with Gasteiger partial charge in [-0.3, -0.25) is 9.48 Å². The Hall–Kier alpha value is -3.10. The number of benzene rings is 1. The summed E-state index contributed by atoms with van der Waals surface area (Å²) in [6, 6.07) is 7.50. The minimum absolute atomic E-state index is 0.0958. The molecule has 1 aliphatic rings. The van der Waals surface area contributed by atoms with Gasteiger partial charge < -0.3 is 4.90 Å². The molecular weight excluding hydrogens is 383 g/mol. The van der Waals surface area contributed by atoms with E-state index in [2.05, 4.69) is 10.2 Å². The molecule has 2 aromatic heterocycles. The molecule has 0 radical (unpaired) electrons. The fourth-order valence-corrected chi connectivity index (χ4v) is 3.55. The second kappa shape index (κ2) is 7.38. The summed E-state index contributed by atoms with van der Waals surface area (Å²) in [4.78, 5) is 14.7. The summed E-state index contributed by atoms with van der Waals surface area (Å²) in [5.74, 6) is -0.0958. The molecule has 1 aromatic carbocycles. The molecule has 4 rings (SSSR count). The van der Waals surface area contributed by atoms with Gasteiger partial charge in [0.2, 0.25) is 0 Å². The number of amides is 1. The number of aryl methyl sites for hydroxylation is 1. The lowest BCUT2D eigenvalue weighted by molar-refractivity contribution is -0.141. The Bertz CT molecular complexity index is 1010. The average Bonchev–Trinajstić information content (AvgIpc) is 3.37. The Balaban J connectivity index is 1.47. The number of piperidine rings is 1. The first-order chi connectivity index (χ1) is 13.8. The van der Waals surface area contributed by atoms with E-state index >= 15 is 0 Å². The molecule has 0 bridgehead atoms. The summed E-state index contributed by atoms with van der Waals surface area (Å²) in [6.45, 7) is 3.23. The molecule has 0 saturated carbocycles. The molecule has 0 N–H and O–H groups in total. The van der Waals surface area contributed by atoms with Crippen LogP contribution in [0.1, 0.15) is 40.5 Å². The maximum atomic E-state index is 12.9. The summed E-state index contributed by atoms with van der Waals surface area (Å²) in [5, 5.41) is 7.91. The minimum atomic E-state index is -4.49. The number of carbonyl (C=O) groups excluding carboxylic acids is 1. The van der Waals surface area contributed by atoms with Gasteiger partial charge in [0.05, 0.1) is 17.9 Å². The molecule has 1 aliphatic heterocycles. The highest BCUT2D eigenvalue weighted by Gasteiger charge is 2.33. The van der Waals surface area contributed by atoms with E-state index in [9.17, 15) is 18.0 Å². The van der Waals surface area contributed by atoms with Crippen LogP contribution in [0.15, 0.2) is 48.9 Å². The van der Waals surface area contributed by atoms with E-state index in [0.29, 0.717) is 24.3 Å². The maximum absolute atomic E-state index is 12.9. The first kappa shape index (κ1) is 19.2. The molecule has 1 atom stereocenters. The number of halogens is 3. The standard InChI is InChI=1S/C20H20F3N5O/c1-14-11-24-28(12-14)17-3-2-9-26(13-17)19(29)15-4-6-16(7-5-15)27-10-8-18(25-27)20(21,22)23/h4-8,10-12,17H,2-3,9,13H2,1H3. The van der Waals surface area contributed by atoms with Crippen LogP contribution in [0.5, 0.6) is 0 Å². The zero-order chi connectivity index (χ0) is 20.6. The summed E-state index contributed by atoms with van der Waals surface area (Å²) in [5.41, 5.74) is 1.08. The van der Waals surface area contributed by atoms with Crippen molar-refractivity contribution in [1.29, 1.82) is 0 Å². The Labute approximate surface area is 165 Å². The van der Waals surface area contributed by atoms with Crippen LogP contribution in [0.3, 0.4) is 0 Å². The van der Waals surface area contributed by atoms with Crippen molar-refractivity contribution in [2.75, 3.05) is 13.1 Å². The second-order valence-electron chi connectivity index (χ2n) is 7.24. The van der Waals surface area contributed by atoms with E-state index in [0.717, 1.165) is 29.2 Å². The van der Waals surface area contributed by atoms with E-state index in [-0.39, 0.29) is 11.9 Å². The number of carbonyl (C=O) groups is 1. The smallest absolute Gasteiger partial charge is 0.337 e. The molecular formula is C20H20F3N5O. The van der Waals surface area contributed by atoms with Crippen molar-refractivity contribution in [3.8, 4) is 5.69 Å². The number of likely N-dealkylation sites (tertiary alicyclic amines) is 1. The van der Waals surface area contributed by atoms with Gasteiger partial charge in [0.25, 0.3) is 5.91 Å². The number of rotatable bonds is 3. The summed E-state index contributed by atoms with van der Waals surface area (Å²) in [7, 11) is 0. The number of hydrogen-bond acceptors (Lipinski definition) is 3. The van der Waals surface area contributed by atoms with Crippen LogP contribution in [0.25, 0.3) is 5.69 Å². The van der Waals surface area contributed by atoms with Crippen LogP contribution in [0.2, 0.25) is 0 Å². The van der Waals surface area contributed by atoms with Gasteiger partial charge in [0, 0.05) is 31.0 Å².